The van der Waals surface area contributed by atoms with Crippen LogP contribution in [-0.4, -0.2) is 18.7 Å². The Kier molecular flexibility index (Phi) is 0.812. The molecule has 2 unspecified atom stereocenters. The summed E-state index contributed by atoms with van der Waals surface area (Å²) in [6.45, 7) is 4.28. The van der Waals surface area contributed by atoms with Gasteiger partial charge in [0, 0.05) is 19.0 Å². The zero-order valence-corrected chi connectivity index (χ0v) is 6.55. The summed E-state index contributed by atoms with van der Waals surface area (Å²) in [7, 11) is 0. The molecule has 2 bridgehead atoms. The third kappa shape index (κ3) is 0.530. The van der Waals surface area contributed by atoms with Crippen molar-refractivity contribution in [1.29, 1.82) is 0 Å². The van der Waals surface area contributed by atoms with E-state index in [2.05, 4.69) is 24.4 Å². The van der Waals surface area contributed by atoms with E-state index in [0.29, 0.717) is 5.92 Å². The van der Waals surface area contributed by atoms with E-state index < -0.39 is 0 Å². The molecule has 1 N–H and O–H groups in total. The largest absolute Gasteiger partial charge is 0.483 e. The zero-order valence-electron chi connectivity index (χ0n) is 6.55. The van der Waals surface area contributed by atoms with Crippen molar-refractivity contribution in [2.75, 3.05) is 13.1 Å². The fourth-order valence-corrected chi connectivity index (χ4v) is 2.31. The van der Waals surface area contributed by atoms with Crippen molar-refractivity contribution in [2.24, 2.45) is 5.92 Å². The van der Waals surface area contributed by atoms with Gasteiger partial charge in [0.25, 0.3) is 0 Å². The summed E-state index contributed by atoms with van der Waals surface area (Å²) in [5.41, 5.74) is 1.48. The van der Waals surface area contributed by atoms with Crippen LogP contribution >= 0.6 is 0 Å². The van der Waals surface area contributed by atoms with Gasteiger partial charge in [0.15, 0.2) is 0 Å². The number of nitrogens with one attached hydrogen (secondary N) is 1. The number of allylic oxidation sites excluding steroid dienone is 1. The van der Waals surface area contributed by atoms with E-state index >= 15 is 0 Å². The maximum atomic E-state index is 5.76. The van der Waals surface area contributed by atoms with Crippen molar-refractivity contribution < 1.29 is 4.74 Å². The summed E-state index contributed by atoms with van der Waals surface area (Å²) in [4.78, 5) is 0. The van der Waals surface area contributed by atoms with Crippen LogP contribution in [0.1, 0.15) is 6.92 Å². The molecule has 11 heavy (non-hydrogen) atoms. The van der Waals surface area contributed by atoms with Crippen molar-refractivity contribution >= 4 is 0 Å². The van der Waals surface area contributed by atoms with Crippen LogP contribution < -0.4 is 5.32 Å². The SMILES string of the molecule is CC12C=CC(=C3CNCC31)O2. The quantitative estimate of drug-likeness (QED) is 0.550. The van der Waals surface area contributed by atoms with Crippen LogP contribution in [0.3, 0.4) is 0 Å². The topological polar surface area (TPSA) is 21.3 Å². The van der Waals surface area contributed by atoms with E-state index in [1.54, 1.807) is 0 Å². The Hall–Kier alpha value is -0.760. The van der Waals surface area contributed by atoms with Crippen molar-refractivity contribution in [1.82, 2.24) is 5.32 Å². The summed E-state index contributed by atoms with van der Waals surface area (Å²) in [5, 5.41) is 3.37. The Bertz CT molecular complexity index is 279. The lowest BCUT2D eigenvalue weighted by Crippen LogP contribution is -2.31. The highest BCUT2D eigenvalue weighted by Crippen LogP contribution is 2.46. The maximum Gasteiger partial charge on any atom is 0.133 e. The molecule has 2 heteroatoms. The highest BCUT2D eigenvalue weighted by molar-refractivity contribution is 5.42. The first-order valence-electron chi connectivity index (χ1n) is 4.12. The molecule has 2 nitrogen and oxygen atoms in total. The fourth-order valence-electron chi connectivity index (χ4n) is 2.31. The molecule has 3 rings (SSSR count). The van der Waals surface area contributed by atoms with E-state index in [4.69, 9.17) is 4.74 Å². The molecule has 0 aromatic carbocycles. The third-order valence-electron chi connectivity index (χ3n) is 2.99. The summed E-state index contributed by atoms with van der Waals surface area (Å²) in [6.07, 6.45) is 4.29. The van der Waals surface area contributed by atoms with Crippen LogP contribution in [0.5, 0.6) is 0 Å². The molecular formula is C9H11NO. The predicted molar refractivity (Wildman–Crippen MR) is 42.0 cm³/mol. The van der Waals surface area contributed by atoms with Crippen LogP contribution in [0.25, 0.3) is 0 Å². The van der Waals surface area contributed by atoms with E-state index in [9.17, 15) is 0 Å². The Morgan fingerprint density at radius 2 is 2.64 bits per heavy atom. The van der Waals surface area contributed by atoms with Gasteiger partial charge >= 0.3 is 0 Å². The molecule has 0 saturated carbocycles. The normalized spacial score (nSPS) is 45.0. The van der Waals surface area contributed by atoms with Gasteiger partial charge in [0.05, 0.1) is 0 Å². The number of rotatable bonds is 0. The van der Waals surface area contributed by atoms with Gasteiger partial charge in [-0.15, -0.1) is 0 Å². The Labute approximate surface area is 65.9 Å². The van der Waals surface area contributed by atoms with Gasteiger partial charge in [-0.1, -0.05) is 0 Å². The number of hydrogen-bond donors (Lipinski definition) is 1. The second kappa shape index (κ2) is 1.53. The first kappa shape index (κ1) is 5.84. The van der Waals surface area contributed by atoms with Crippen molar-refractivity contribution in [3.8, 4) is 0 Å². The summed E-state index contributed by atoms with van der Waals surface area (Å²) >= 11 is 0. The molecule has 0 aromatic heterocycles. The smallest absolute Gasteiger partial charge is 0.133 e. The molecule has 58 valence electrons. The second-order valence-corrected chi connectivity index (χ2v) is 3.69. The van der Waals surface area contributed by atoms with Crippen LogP contribution in [0.2, 0.25) is 0 Å². The highest BCUT2D eigenvalue weighted by Gasteiger charge is 2.49. The minimum absolute atomic E-state index is 0.00579. The van der Waals surface area contributed by atoms with E-state index in [1.165, 1.54) is 5.57 Å². The van der Waals surface area contributed by atoms with Gasteiger partial charge < -0.3 is 10.1 Å². The van der Waals surface area contributed by atoms with Gasteiger partial charge in [-0.05, 0) is 24.6 Å². The minimum atomic E-state index is -0.00579. The lowest BCUT2D eigenvalue weighted by Gasteiger charge is -2.23. The van der Waals surface area contributed by atoms with Gasteiger partial charge in [0.1, 0.15) is 11.4 Å². The second-order valence-electron chi connectivity index (χ2n) is 3.69. The number of fused-ring (bicyclic) bond motifs is 4. The zero-order chi connectivity index (χ0) is 7.47. The monoisotopic (exact) mass is 149 g/mol. The first-order valence-corrected chi connectivity index (χ1v) is 4.12. The highest BCUT2D eigenvalue weighted by atomic mass is 16.5. The standard InChI is InChI=1S/C9H11NO/c1-9-3-2-8(11-9)6-4-10-5-7(6)9/h2-3,7,10H,4-5H2,1H3. The number of hydrogen-bond acceptors (Lipinski definition) is 2. The van der Waals surface area contributed by atoms with E-state index in [1.807, 2.05) is 0 Å². The molecule has 1 saturated heterocycles. The van der Waals surface area contributed by atoms with E-state index in [-0.39, 0.29) is 5.60 Å². The van der Waals surface area contributed by atoms with Gasteiger partial charge in [-0.2, -0.15) is 0 Å². The lowest BCUT2D eigenvalue weighted by molar-refractivity contribution is 0.0774. The predicted octanol–water partition coefficient (Wildman–Crippen LogP) is 0.819. The average molecular weight is 149 g/mol. The Balaban J connectivity index is 2.17. The average Bonchev–Trinajstić information content (AvgIpc) is 2.53. The molecule has 1 fully saturated rings. The van der Waals surface area contributed by atoms with Crippen molar-refractivity contribution in [3.63, 3.8) is 0 Å². The molecule has 0 aromatic rings. The molecule has 3 heterocycles. The minimum Gasteiger partial charge on any atom is -0.483 e. The summed E-state index contributed by atoms with van der Waals surface area (Å²) < 4.78 is 5.76. The lowest BCUT2D eigenvalue weighted by atomic mass is 9.84. The Morgan fingerprint density at radius 1 is 1.73 bits per heavy atom. The summed E-state index contributed by atoms with van der Waals surface area (Å²) in [6, 6.07) is 0. The Morgan fingerprint density at radius 3 is 3.45 bits per heavy atom. The molecule has 0 spiro atoms. The maximum absolute atomic E-state index is 5.76. The van der Waals surface area contributed by atoms with Crippen LogP contribution in [0.4, 0.5) is 0 Å². The van der Waals surface area contributed by atoms with Crippen LogP contribution in [0.15, 0.2) is 23.5 Å². The molecule has 2 atom stereocenters. The van der Waals surface area contributed by atoms with Gasteiger partial charge in [-0.25, -0.2) is 0 Å². The molecular weight excluding hydrogens is 138 g/mol. The number of ether oxygens (including phenoxy) is 1. The molecule has 0 radical (unpaired) electrons. The fraction of sp³-hybridized carbons (Fsp3) is 0.556. The summed E-state index contributed by atoms with van der Waals surface area (Å²) in [5.74, 6) is 1.74. The van der Waals surface area contributed by atoms with Gasteiger partial charge in [0.2, 0.25) is 0 Å². The van der Waals surface area contributed by atoms with Crippen LogP contribution in [0, 0.1) is 5.92 Å². The van der Waals surface area contributed by atoms with E-state index in [0.717, 1.165) is 18.8 Å². The van der Waals surface area contributed by atoms with Gasteiger partial charge in [-0.3, -0.25) is 0 Å². The van der Waals surface area contributed by atoms with Crippen molar-refractivity contribution in [2.45, 2.75) is 12.5 Å². The molecule has 0 aliphatic carbocycles. The third-order valence-corrected chi connectivity index (χ3v) is 2.99. The van der Waals surface area contributed by atoms with Crippen molar-refractivity contribution in [3.05, 3.63) is 23.5 Å². The first-order chi connectivity index (χ1) is 5.30. The van der Waals surface area contributed by atoms with Crippen LogP contribution in [-0.2, 0) is 4.74 Å². The molecule has 3 aliphatic heterocycles. The molecule has 3 aliphatic rings. The molecule has 0 amide bonds.